The fraction of sp³-hybridized carbons (Fsp3) is 0.229. The number of carbonyl (C=O) groups is 2. The van der Waals surface area contributed by atoms with E-state index in [0.717, 1.165) is 8.95 Å². The lowest BCUT2D eigenvalue weighted by molar-refractivity contribution is -0.164. The number of Topliss-reactive ketones (excluding diaryl/α,β-unsaturated/α-hetero) is 1. The van der Waals surface area contributed by atoms with Crippen molar-refractivity contribution in [2.24, 2.45) is 11.3 Å². The fourth-order valence-electron chi connectivity index (χ4n) is 6.50. The summed E-state index contributed by atoms with van der Waals surface area (Å²) in [6.07, 6.45) is -0.0619. The number of nitrogens with zero attached hydrogens (tertiary/aromatic N) is 1. The predicted molar refractivity (Wildman–Crippen MR) is 168 cm³/mol. The highest BCUT2D eigenvalue weighted by molar-refractivity contribution is 9.10. The van der Waals surface area contributed by atoms with Gasteiger partial charge in [-0.15, -0.1) is 0 Å². The summed E-state index contributed by atoms with van der Waals surface area (Å²) in [7, 11) is 0. The van der Waals surface area contributed by atoms with E-state index < -0.39 is 34.7 Å². The van der Waals surface area contributed by atoms with Crippen LogP contribution in [0.4, 0.5) is 0 Å². The molecule has 0 spiro atoms. The van der Waals surface area contributed by atoms with Crippen LogP contribution in [0.25, 0.3) is 0 Å². The van der Waals surface area contributed by atoms with E-state index in [0.29, 0.717) is 22.3 Å². The molecule has 1 aliphatic carbocycles. The summed E-state index contributed by atoms with van der Waals surface area (Å²) < 4.78 is 7.15. The zero-order valence-electron chi connectivity index (χ0n) is 22.9. The largest absolute Gasteiger partial charge is 0.465 e. The first kappa shape index (κ1) is 29.9. The predicted octanol–water partition coefficient (Wildman–Crippen LogP) is 7.94. The minimum atomic E-state index is -1.85. The smallest absolute Gasteiger partial charge is 0.327 e. The summed E-state index contributed by atoms with van der Waals surface area (Å²) in [5, 5.41) is 24.2. The van der Waals surface area contributed by atoms with E-state index in [9.17, 15) is 20.0 Å². The molecule has 0 heterocycles. The molecule has 4 aromatic carbocycles. The zero-order chi connectivity index (χ0) is 29.9. The number of halogens is 2. The molecule has 5 atom stereocenters. The van der Waals surface area contributed by atoms with Gasteiger partial charge < -0.3 is 9.84 Å². The number of carbonyl (C=O) groups excluding carboxylic acids is 2. The summed E-state index contributed by atoms with van der Waals surface area (Å²) in [4.78, 5) is 29.0. The highest BCUT2D eigenvalue weighted by atomic mass is 79.9. The van der Waals surface area contributed by atoms with Gasteiger partial charge in [-0.1, -0.05) is 117 Å². The number of rotatable bonds is 7. The third kappa shape index (κ3) is 5.24. The van der Waals surface area contributed by atoms with Crippen LogP contribution < -0.4 is 0 Å². The van der Waals surface area contributed by atoms with Crippen molar-refractivity contribution in [2.45, 2.75) is 30.8 Å². The minimum absolute atomic E-state index is 0.0545. The lowest BCUT2D eigenvalue weighted by atomic mass is 9.47. The molecular formula is C35H29Br2NO4. The van der Waals surface area contributed by atoms with Crippen LogP contribution in [0, 0.1) is 22.7 Å². The summed E-state index contributed by atoms with van der Waals surface area (Å²) in [5.74, 6) is -4.18. The molecule has 1 fully saturated rings. The molecule has 5 rings (SSSR count). The second kappa shape index (κ2) is 12.3. The Morgan fingerprint density at radius 1 is 0.881 bits per heavy atom. The van der Waals surface area contributed by atoms with E-state index in [1.54, 1.807) is 55.5 Å². The van der Waals surface area contributed by atoms with Gasteiger partial charge in [0.2, 0.25) is 0 Å². The zero-order valence-corrected chi connectivity index (χ0v) is 26.1. The number of hydrogen-bond acceptors (Lipinski definition) is 5. The monoisotopic (exact) mass is 685 g/mol. The topological polar surface area (TPSA) is 87.4 Å². The first-order valence-corrected chi connectivity index (χ1v) is 15.3. The minimum Gasteiger partial charge on any atom is -0.465 e. The van der Waals surface area contributed by atoms with Crippen LogP contribution in [0.15, 0.2) is 118 Å². The van der Waals surface area contributed by atoms with E-state index in [4.69, 9.17) is 4.74 Å². The Labute approximate surface area is 262 Å². The van der Waals surface area contributed by atoms with E-state index in [1.165, 1.54) is 0 Å². The molecule has 0 aliphatic heterocycles. The number of esters is 1. The Balaban J connectivity index is 1.91. The van der Waals surface area contributed by atoms with Gasteiger partial charge in [0.25, 0.3) is 0 Å². The highest BCUT2D eigenvalue weighted by Gasteiger charge is 2.67. The maximum absolute atomic E-state index is 14.7. The standard InChI is InChI=1S/C35H29Br2NO4/c1-2-42-33(40)34(22-38)29(24-13-9-17-27(36)19-24)21-35(41,26-15-7-4-8-16-26)31(32(39)23-11-5-3-6-12-23)30(34)25-14-10-18-28(37)20-25/h3-20,29-31,41H,2,21H2,1H3/t29-,30-,31+,34+,35-/m0/s1. The highest BCUT2D eigenvalue weighted by Crippen LogP contribution is 2.64. The molecule has 7 heteroatoms. The molecule has 5 nitrogen and oxygen atoms in total. The van der Waals surface area contributed by atoms with Crippen LogP contribution in [0.1, 0.15) is 52.2 Å². The Morgan fingerprint density at radius 2 is 1.45 bits per heavy atom. The molecule has 0 aromatic heterocycles. The molecule has 0 unspecified atom stereocenters. The molecule has 212 valence electrons. The van der Waals surface area contributed by atoms with Gasteiger partial charge in [0.1, 0.15) is 5.60 Å². The molecule has 0 radical (unpaired) electrons. The fourth-order valence-corrected chi connectivity index (χ4v) is 7.34. The van der Waals surface area contributed by atoms with Gasteiger partial charge in [-0.05, 0) is 54.3 Å². The van der Waals surface area contributed by atoms with Crippen LogP contribution in [0.5, 0.6) is 0 Å². The van der Waals surface area contributed by atoms with Crippen molar-refractivity contribution in [3.63, 3.8) is 0 Å². The quantitative estimate of drug-likeness (QED) is 0.158. The molecule has 42 heavy (non-hydrogen) atoms. The number of ether oxygens (including phenoxy) is 1. The number of benzene rings is 4. The third-order valence-electron chi connectivity index (χ3n) is 8.27. The summed E-state index contributed by atoms with van der Waals surface area (Å²) in [6, 6.07) is 34.9. The number of nitriles is 1. The van der Waals surface area contributed by atoms with Crippen molar-refractivity contribution >= 4 is 43.6 Å². The van der Waals surface area contributed by atoms with Crippen LogP contribution in [-0.4, -0.2) is 23.5 Å². The first-order chi connectivity index (χ1) is 20.3. The van der Waals surface area contributed by atoms with E-state index >= 15 is 0 Å². The van der Waals surface area contributed by atoms with Gasteiger partial charge in [0, 0.05) is 26.3 Å². The molecule has 0 bridgehead atoms. The molecule has 1 aliphatic rings. The second-order valence-corrected chi connectivity index (χ2v) is 12.4. The average Bonchev–Trinajstić information content (AvgIpc) is 3.01. The Kier molecular flexibility index (Phi) is 8.79. The van der Waals surface area contributed by atoms with E-state index in [-0.39, 0.29) is 18.8 Å². The van der Waals surface area contributed by atoms with Crippen LogP contribution >= 0.6 is 31.9 Å². The van der Waals surface area contributed by atoms with Gasteiger partial charge in [-0.2, -0.15) is 5.26 Å². The van der Waals surface area contributed by atoms with Crippen molar-refractivity contribution in [3.8, 4) is 6.07 Å². The van der Waals surface area contributed by atoms with Crippen LogP contribution in [0.2, 0.25) is 0 Å². The van der Waals surface area contributed by atoms with E-state index in [2.05, 4.69) is 37.9 Å². The summed E-state index contributed by atoms with van der Waals surface area (Å²) >= 11 is 7.09. The average molecular weight is 687 g/mol. The third-order valence-corrected chi connectivity index (χ3v) is 9.26. The Bertz CT molecular complexity index is 1640. The van der Waals surface area contributed by atoms with Crippen molar-refractivity contribution in [2.75, 3.05) is 6.61 Å². The lowest BCUT2D eigenvalue weighted by Gasteiger charge is -2.54. The normalized spacial score (nSPS) is 25.3. The molecule has 1 saturated carbocycles. The van der Waals surface area contributed by atoms with Crippen molar-refractivity contribution < 1.29 is 19.4 Å². The molecule has 0 saturated heterocycles. The van der Waals surface area contributed by atoms with Crippen molar-refractivity contribution in [1.82, 2.24) is 0 Å². The van der Waals surface area contributed by atoms with Crippen molar-refractivity contribution in [1.29, 1.82) is 5.26 Å². The van der Waals surface area contributed by atoms with Crippen molar-refractivity contribution in [3.05, 3.63) is 140 Å². The molecule has 0 amide bonds. The van der Waals surface area contributed by atoms with Crippen LogP contribution in [0.3, 0.4) is 0 Å². The van der Waals surface area contributed by atoms with Gasteiger partial charge in [0.05, 0.1) is 18.6 Å². The first-order valence-electron chi connectivity index (χ1n) is 13.7. The molecule has 1 N–H and O–H groups in total. The Hall–Kier alpha value is -3.57. The number of aliphatic hydroxyl groups is 1. The van der Waals surface area contributed by atoms with Gasteiger partial charge in [-0.3, -0.25) is 9.59 Å². The van der Waals surface area contributed by atoms with Gasteiger partial charge in [0.15, 0.2) is 11.2 Å². The Morgan fingerprint density at radius 3 is 2.02 bits per heavy atom. The maximum atomic E-state index is 14.7. The number of ketones is 1. The SMILES string of the molecule is CCOC(=O)[C@]1(C#N)[C@H](c2cccc(Br)c2)C[C@](O)(c2ccccc2)[C@@H](C(=O)c2ccccc2)[C@@H]1c1cccc(Br)c1. The summed E-state index contributed by atoms with van der Waals surface area (Å²) in [6.45, 7) is 1.75. The number of hydrogen-bond donors (Lipinski definition) is 1. The summed E-state index contributed by atoms with van der Waals surface area (Å²) in [5.41, 5.74) is -1.43. The molecular weight excluding hydrogens is 658 g/mol. The second-order valence-electron chi connectivity index (χ2n) is 10.5. The van der Waals surface area contributed by atoms with Crippen LogP contribution in [-0.2, 0) is 15.1 Å². The molecule has 4 aromatic rings. The maximum Gasteiger partial charge on any atom is 0.327 e. The van der Waals surface area contributed by atoms with Gasteiger partial charge >= 0.3 is 5.97 Å². The lowest BCUT2D eigenvalue weighted by Crippen LogP contribution is -2.59. The van der Waals surface area contributed by atoms with E-state index in [1.807, 2.05) is 60.7 Å². The van der Waals surface area contributed by atoms with Gasteiger partial charge in [-0.25, -0.2) is 0 Å².